The second-order valence-corrected chi connectivity index (χ2v) is 5.04. The molecule has 2 rings (SSSR count). The molecule has 0 saturated heterocycles. The van der Waals surface area contributed by atoms with Gasteiger partial charge in [0.15, 0.2) is 0 Å². The van der Waals surface area contributed by atoms with Crippen molar-refractivity contribution in [2.45, 2.75) is 45.1 Å². The fourth-order valence-electron chi connectivity index (χ4n) is 1.86. The van der Waals surface area contributed by atoms with Crippen LogP contribution in [0.4, 0.5) is 0 Å². The molecule has 1 heterocycles. The van der Waals surface area contributed by atoms with Crippen LogP contribution in [-0.2, 0) is 9.53 Å². The smallest absolute Gasteiger partial charge is 0.302 e. The highest BCUT2D eigenvalue weighted by atomic mass is 79.9. The molecule has 0 aromatic carbocycles. The Kier molecular flexibility index (Phi) is 6.26. The van der Waals surface area contributed by atoms with Crippen molar-refractivity contribution < 1.29 is 9.53 Å². The summed E-state index contributed by atoms with van der Waals surface area (Å²) in [6.07, 6.45) is 10.7. The number of carbonyl (C=O) groups is 1. The van der Waals surface area contributed by atoms with Gasteiger partial charge in [-0.2, -0.15) is 5.10 Å². The number of rotatable bonds is 1. The summed E-state index contributed by atoms with van der Waals surface area (Å²) < 4.78 is 7.30. The van der Waals surface area contributed by atoms with E-state index in [1.165, 1.54) is 46.1 Å². The SMILES string of the molecule is Brc1cnn(C2CCCCC2)c1.COC(C)=O. The first-order chi connectivity index (χ1) is 8.13. The molecule has 5 heteroatoms. The van der Waals surface area contributed by atoms with Gasteiger partial charge in [-0.3, -0.25) is 9.48 Å². The maximum atomic E-state index is 9.59. The molecular weight excluding hydrogens is 284 g/mol. The van der Waals surface area contributed by atoms with Crippen LogP contribution in [0.15, 0.2) is 16.9 Å². The quantitative estimate of drug-likeness (QED) is 0.747. The standard InChI is InChI=1S/C9H13BrN2.C3H6O2/c10-8-6-11-12(7-8)9-4-2-1-3-5-9;1-3(4)5-2/h6-7,9H,1-5H2;1-2H3. The summed E-state index contributed by atoms with van der Waals surface area (Å²) in [5.41, 5.74) is 0. The summed E-state index contributed by atoms with van der Waals surface area (Å²) in [6.45, 7) is 1.36. The third kappa shape index (κ3) is 5.35. The van der Waals surface area contributed by atoms with Gasteiger partial charge in [0.25, 0.3) is 0 Å². The minimum Gasteiger partial charge on any atom is -0.469 e. The van der Waals surface area contributed by atoms with E-state index in [9.17, 15) is 4.79 Å². The fourth-order valence-corrected chi connectivity index (χ4v) is 2.16. The zero-order chi connectivity index (χ0) is 12.7. The Balaban J connectivity index is 0.000000249. The highest BCUT2D eigenvalue weighted by Gasteiger charge is 2.15. The predicted molar refractivity (Wildman–Crippen MR) is 69.7 cm³/mol. The Labute approximate surface area is 110 Å². The van der Waals surface area contributed by atoms with Gasteiger partial charge in [-0.25, -0.2) is 0 Å². The number of hydrogen-bond donors (Lipinski definition) is 0. The Bertz CT molecular complexity index is 346. The Hall–Kier alpha value is -0.840. The number of methoxy groups -OCH3 is 1. The second kappa shape index (κ2) is 7.48. The van der Waals surface area contributed by atoms with Gasteiger partial charge in [-0.1, -0.05) is 19.3 Å². The molecule has 1 fully saturated rings. The Morgan fingerprint density at radius 1 is 1.47 bits per heavy atom. The molecule has 1 aromatic heterocycles. The zero-order valence-corrected chi connectivity index (χ0v) is 11.9. The van der Waals surface area contributed by atoms with Gasteiger partial charge in [-0.15, -0.1) is 0 Å². The van der Waals surface area contributed by atoms with Crippen LogP contribution in [0.1, 0.15) is 45.1 Å². The lowest BCUT2D eigenvalue weighted by atomic mass is 9.96. The van der Waals surface area contributed by atoms with E-state index in [2.05, 4.69) is 36.6 Å². The van der Waals surface area contributed by atoms with Crippen LogP contribution in [0.2, 0.25) is 0 Å². The van der Waals surface area contributed by atoms with E-state index >= 15 is 0 Å². The lowest BCUT2D eigenvalue weighted by Gasteiger charge is -2.21. The molecule has 0 amide bonds. The van der Waals surface area contributed by atoms with Crippen LogP contribution >= 0.6 is 15.9 Å². The minimum absolute atomic E-state index is 0.245. The van der Waals surface area contributed by atoms with Crippen LogP contribution in [0.5, 0.6) is 0 Å². The monoisotopic (exact) mass is 302 g/mol. The highest BCUT2D eigenvalue weighted by molar-refractivity contribution is 9.10. The molecule has 1 aromatic rings. The van der Waals surface area contributed by atoms with Gasteiger partial charge in [0.05, 0.1) is 23.8 Å². The van der Waals surface area contributed by atoms with Crippen LogP contribution in [0, 0.1) is 0 Å². The summed E-state index contributed by atoms with van der Waals surface area (Å²) in [5, 5.41) is 4.31. The lowest BCUT2D eigenvalue weighted by molar-refractivity contribution is -0.137. The Morgan fingerprint density at radius 2 is 2.06 bits per heavy atom. The molecule has 17 heavy (non-hydrogen) atoms. The molecule has 0 N–H and O–H groups in total. The van der Waals surface area contributed by atoms with E-state index in [4.69, 9.17) is 0 Å². The summed E-state index contributed by atoms with van der Waals surface area (Å²) in [4.78, 5) is 9.59. The molecule has 0 radical (unpaired) electrons. The van der Waals surface area contributed by atoms with E-state index in [0.29, 0.717) is 6.04 Å². The fraction of sp³-hybridized carbons (Fsp3) is 0.667. The van der Waals surface area contributed by atoms with Crippen molar-refractivity contribution in [3.63, 3.8) is 0 Å². The molecule has 0 spiro atoms. The average molecular weight is 303 g/mol. The predicted octanol–water partition coefficient (Wildman–Crippen LogP) is 3.33. The first kappa shape index (κ1) is 14.2. The topological polar surface area (TPSA) is 44.1 Å². The number of aromatic nitrogens is 2. The lowest BCUT2D eigenvalue weighted by Crippen LogP contribution is -2.12. The summed E-state index contributed by atoms with van der Waals surface area (Å²) in [7, 11) is 1.35. The number of hydrogen-bond acceptors (Lipinski definition) is 3. The molecular formula is C12H19BrN2O2. The van der Waals surface area contributed by atoms with Gasteiger partial charge in [0.1, 0.15) is 0 Å². The van der Waals surface area contributed by atoms with Gasteiger partial charge >= 0.3 is 5.97 Å². The molecule has 1 saturated carbocycles. The molecule has 0 aliphatic heterocycles. The molecule has 0 bridgehead atoms. The Morgan fingerprint density at radius 3 is 2.47 bits per heavy atom. The van der Waals surface area contributed by atoms with Crippen LogP contribution in [-0.4, -0.2) is 22.9 Å². The van der Waals surface area contributed by atoms with Crippen LogP contribution in [0.25, 0.3) is 0 Å². The summed E-state index contributed by atoms with van der Waals surface area (Å²) in [5.74, 6) is -0.245. The van der Waals surface area contributed by atoms with Crippen molar-refractivity contribution >= 4 is 21.9 Å². The van der Waals surface area contributed by atoms with Crippen LogP contribution in [0.3, 0.4) is 0 Å². The van der Waals surface area contributed by atoms with Gasteiger partial charge in [-0.05, 0) is 28.8 Å². The normalized spacial score (nSPS) is 15.9. The van der Waals surface area contributed by atoms with Gasteiger partial charge in [0.2, 0.25) is 0 Å². The molecule has 0 unspecified atom stereocenters. The van der Waals surface area contributed by atoms with Crippen molar-refractivity contribution in [2.24, 2.45) is 0 Å². The van der Waals surface area contributed by atoms with E-state index in [0.717, 1.165) is 4.47 Å². The second-order valence-electron chi connectivity index (χ2n) is 4.13. The first-order valence-electron chi connectivity index (χ1n) is 5.87. The molecule has 1 aliphatic rings. The molecule has 96 valence electrons. The van der Waals surface area contributed by atoms with E-state index in [1.807, 2.05) is 6.20 Å². The third-order valence-corrected chi connectivity index (χ3v) is 3.22. The first-order valence-corrected chi connectivity index (χ1v) is 6.67. The molecule has 4 nitrogen and oxygen atoms in total. The highest BCUT2D eigenvalue weighted by Crippen LogP contribution is 2.27. The third-order valence-electron chi connectivity index (χ3n) is 2.81. The van der Waals surface area contributed by atoms with E-state index in [-0.39, 0.29) is 5.97 Å². The average Bonchev–Trinajstić information content (AvgIpc) is 2.78. The van der Waals surface area contributed by atoms with Crippen molar-refractivity contribution in [1.82, 2.24) is 9.78 Å². The zero-order valence-electron chi connectivity index (χ0n) is 10.4. The van der Waals surface area contributed by atoms with Gasteiger partial charge < -0.3 is 4.74 Å². The van der Waals surface area contributed by atoms with Crippen LogP contribution < -0.4 is 0 Å². The van der Waals surface area contributed by atoms with Gasteiger partial charge in [0, 0.05) is 13.1 Å². The number of ether oxygens (including phenoxy) is 1. The van der Waals surface area contributed by atoms with Crippen molar-refractivity contribution in [3.05, 3.63) is 16.9 Å². The number of esters is 1. The number of nitrogens with zero attached hydrogens (tertiary/aromatic N) is 2. The molecule has 0 atom stereocenters. The maximum absolute atomic E-state index is 9.59. The number of halogens is 1. The molecule has 1 aliphatic carbocycles. The van der Waals surface area contributed by atoms with Crippen molar-refractivity contribution in [1.29, 1.82) is 0 Å². The summed E-state index contributed by atoms with van der Waals surface area (Å²) in [6, 6.07) is 0.657. The van der Waals surface area contributed by atoms with E-state index in [1.54, 1.807) is 0 Å². The van der Waals surface area contributed by atoms with Crippen molar-refractivity contribution in [2.75, 3.05) is 7.11 Å². The van der Waals surface area contributed by atoms with E-state index < -0.39 is 0 Å². The minimum atomic E-state index is -0.245. The summed E-state index contributed by atoms with van der Waals surface area (Å²) >= 11 is 3.42. The maximum Gasteiger partial charge on any atom is 0.302 e. The van der Waals surface area contributed by atoms with Crippen molar-refractivity contribution in [3.8, 4) is 0 Å². The number of carbonyl (C=O) groups excluding carboxylic acids is 1. The largest absolute Gasteiger partial charge is 0.469 e.